The van der Waals surface area contributed by atoms with E-state index in [9.17, 15) is 4.79 Å². The van der Waals surface area contributed by atoms with Gasteiger partial charge in [-0.3, -0.25) is 4.79 Å². The lowest BCUT2D eigenvalue weighted by Crippen LogP contribution is -2.32. The molecular weight excluding hydrogens is 304 g/mol. The van der Waals surface area contributed by atoms with E-state index in [2.05, 4.69) is 25.6 Å². The minimum absolute atomic E-state index is 0.0323. The number of nitrogens with one attached hydrogen (secondary N) is 1. The SMILES string of the molecule is CCn1nnc2c(SCC(=O)NC[C@H]3CCCO3)ncnc21. The minimum atomic E-state index is -0.0323. The highest BCUT2D eigenvalue weighted by Crippen LogP contribution is 2.22. The third kappa shape index (κ3) is 3.36. The van der Waals surface area contributed by atoms with Gasteiger partial charge in [0.2, 0.25) is 5.91 Å². The highest BCUT2D eigenvalue weighted by molar-refractivity contribution is 8.00. The highest BCUT2D eigenvalue weighted by Gasteiger charge is 2.17. The van der Waals surface area contributed by atoms with Gasteiger partial charge < -0.3 is 10.1 Å². The molecule has 1 aliphatic heterocycles. The van der Waals surface area contributed by atoms with E-state index in [0.29, 0.717) is 29.3 Å². The summed E-state index contributed by atoms with van der Waals surface area (Å²) in [5, 5.41) is 11.7. The first-order chi connectivity index (χ1) is 10.8. The first-order valence-electron chi connectivity index (χ1n) is 7.33. The summed E-state index contributed by atoms with van der Waals surface area (Å²) >= 11 is 1.34. The number of fused-ring (bicyclic) bond motifs is 1. The summed E-state index contributed by atoms with van der Waals surface area (Å²) in [5.41, 5.74) is 1.33. The molecule has 1 atom stereocenters. The zero-order valence-electron chi connectivity index (χ0n) is 12.4. The van der Waals surface area contributed by atoms with Gasteiger partial charge in [0.05, 0.1) is 11.9 Å². The number of aromatic nitrogens is 5. The molecule has 2 aromatic rings. The smallest absolute Gasteiger partial charge is 0.230 e. The van der Waals surface area contributed by atoms with Crippen LogP contribution in [0.1, 0.15) is 19.8 Å². The topological polar surface area (TPSA) is 94.8 Å². The molecule has 22 heavy (non-hydrogen) atoms. The number of amides is 1. The number of carbonyl (C=O) groups excluding carboxylic acids is 1. The lowest BCUT2D eigenvalue weighted by atomic mass is 10.2. The monoisotopic (exact) mass is 322 g/mol. The second-order valence-corrected chi connectivity index (χ2v) is 5.95. The molecule has 2 aromatic heterocycles. The van der Waals surface area contributed by atoms with Crippen LogP contribution in [0, 0.1) is 0 Å². The summed E-state index contributed by atoms with van der Waals surface area (Å²) in [6, 6.07) is 0. The maximum atomic E-state index is 11.9. The fraction of sp³-hybridized carbons (Fsp3) is 0.615. The minimum Gasteiger partial charge on any atom is -0.376 e. The van der Waals surface area contributed by atoms with Crippen molar-refractivity contribution in [3.8, 4) is 0 Å². The van der Waals surface area contributed by atoms with Crippen LogP contribution in [0.2, 0.25) is 0 Å². The molecular formula is C13H18N6O2S. The molecule has 8 nitrogen and oxygen atoms in total. The molecule has 0 unspecified atom stereocenters. The highest BCUT2D eigenvalue weighted by atomic mass is 32.2. The van der Waals surface area contributed by atoms with E-state index < -0.39 is 0 Å². The third-order valence-corrected chi connectivity index (χ3v) is 4.44. The van der Waals surface area contributed by atoms with E-state index in [1.165, 1.54) is 18.1 Å². The Morgan fingerprint density at radius 2 is 2.45 bits per heavy atom. The molecule has 118 valence electrons. The van der Waals surface area contributed by atoms with Crippen molar-refractivity contribution in [2.45, 2.75) is 37.4 Å². The van der Waals surface area contributed by atoms with Crippen molar-refractivity contribution in [1.82, 2.24) is 30.3 Å². The van der Waals surface area contributed by atoms with Crippen molar-refractivity contribution >= 4 is 28.8 Å². The molecule has 3 heterocycles. The van der Waals surface area contributed by atoms with Gasteiger partial charge in [0, 0.05) is 19.7 Å². The number of thioether (sulfide) groups is 1. The summed E-state index contributed by atoms with van der Waals surface area (Å²) in [4.78, 5) is 20.3. The normalized spacial score (nSPS) is 18.0. The van der Waals surface area contributed by atoms with E-state index in [-0.39, 0.29) is 17.8 Å². The maximum Gasteiger partial charge on any atom is 0.230 e. The molecule has 1 aliphatic rings. The molecule has 0 bridgehead atoms. The molecule has 0 saturated carbocycles. The number of hydrogen-bond acceptors (Lipinski definition) is 7. The summed E-state index contributed by atoms with van der Waals surface area (Å²) in [7, 11) is 0. The van der Waals surface area contributed by atoms with E-state index in [0.717, 1.165) is 19.4 Å². The number of ether oxygens (including phenoxy) is 1. The fourth-order valence-electron chi connectivity index (χ4n) is 2.31. The zero-order chi connectivity index (χ0) is 15.4. The van der Waals surface area contributed by atoms with Crippen LogP contribution in [-0.2, 0) is 16.1 Å². The number of rotatable bonds is 6. The van der Waals surface area contributed by atoms with E-state index in [4.69, 9.17) is 4.74 Å². The van der Waals surface area contributed by atoms with Crippen molar-refractivity contribution in [2.75, 3.05) is 18.9 Å². The first-order valence-corrected chi connectivity index (χ1v) is 8.31. The average molecular weight is 322 g/mol. The van der Waals surface area contributed by atoms with Crippen molar-refractivity contribution in [3.05, 3.63) is 6.33 Å². The number of hydrogen-bond donors (Lipinski definition) is 1. The number of carbonyl (C=O) groups is 1. The molecule has 1 amide bonds. The maximum absolute atomic E-state index is 11.9. The van der Waals surface area contributed by atoms with Gasteiger partial charge in [-0.2, -0.15) is 0 Å². The van der Waals surface area contributed by atoms with Gasteiger partial charge in [-0.25, -0.2) is 14.6 Å². The van der Waals surface area contributed by atoms with E-state index in [1.807, 2.05) is 6.92 Å². The zero-order valence-corrected chi connectivity index (χ0v) is 13.2. The van der Waals surface area contributed by atoms with Crippen LogP contribution in [0.3, 0.4) is 0 Å². The Balaban J connectivity index is 1.56. The van der Waals surface area contributed by atoms with Crippen LogP contribution in [-0.4, -0.2) is 55.9 Å². The van der Waals surface area contributed by atoms with Crippen LogP contribution in [0.4, 0.5) is 0 Å². The Morgan fingerprint density at radius 1 is 1.55 bits per heavy atom. The Kier molecular flexibility index (Phi) is 4.84. The molecule has 0 aliphatic carbocycles. The molecule has 0 aromatic carbocycles. The molecule has 0 radical (unpaired) electrons. The van der Waals surface area contributed by atoms with Gasteiger partial charge in [-0.15, -0.1) is 5.10 Å². The van der Waals surface area contributed by atoms with Gasteiger partial charge >= 0.3 is 0 Å². The van der Waals surface area contributed by atoms with Crippen LogP contribution in [0.5, 0.6) is 0 Å². The Morgan fingerprint density at radius 3 is 3.23 bits per heavy atom. The van der Waals surface area contributed by atoms with Crippen LogP contribution in [0.15, 0.2) is 11.4 Å². The van der Waals surface area contributed by atoms with Crippen LogP contribution >= 0.6 is 11.8 Å². The lowest BCUT2D eigenvalue weighted by Gasteiger charge is -2.10. The Hall–Kier alpha value is -1.74. The number of aryl methyl sites for hydroxylation is 1. The van der Waals surface area contributed by atoms with Crippen LogP contribution in [0.25, 0.3) is 11.2 Å². The largest absolute Gasteiger partial charge is 0.376 e. The predicted octanol–water partition coefficient (Wildman–Crippen LogP) is 0.628. The molecule has 3 rings (SSSR count). The van der Waals surface area contributed by atoms with E-state index in [1.54, 1.807) is 4.68 Å². The standard InChI is InChI=1S/C13H18N6O2S/c1-2-19-12-11(17-18-19)13(16-8-15-12)22-7-10(20)14-6-9-4-3-5-21-9/h8-9H,2-7H2,1H3,(H,14,20)/t9-/m1/s1. The molecule has 1 fully saturated rings. The molecule has 1 N–H and O–H groups in total. The second kappa shape index (κ2) is 7.01. The van der Waals surface area contributed by atoms with Gasteiger partial charge in [0.25, 0.3) is 0 Å². The van der Waals surface area contributed by atoms with Crippen molar-refractivity contribution in [1.29, 1.82) is 0 Å². The van der Waals surface area contributed by atoms with Crippen molar-refractivity contribution < 1.29 is 9.53 Å². The summed E-state index contributed by atoms with van der Waals surface area (Å²) in [6.45, 7) is 4.03. The Bertz CT molecular complexity index is 655. The quantitative estimate of drug-likeness (QED) is 0.615. The molecule has 9 heteroatoms. The third-order valence-electron chi connectivity index (χ3n) is 3.46. The van der Waals surface area contributed by atoms with Crippen molar-refractivity contribution in [3.63, 3.8) is 0 Å². The predicted molar refractivity (Wildman–Crippen MR) is 81.5 cm³/mol. The number of nitrogens with zero attached hydrogens (tertiary/aromatic N) is 5. The summed E-state index contributed by atoms with van der Waals surface area (Å²) in [6.07, 6.45) is 3.72. The van der Waals surface area contributed by atoms with Crippen LogP contribution < -0.4 is 5.32 Å². The summed E-state index contributed by atoms with van der Waals surface area (Å²) < 4.78 is 7.18. The first kappa shape index (κ1) is 15.2. The fourth-order valence-corrected chi connectivity index (χ4v) is 3.07. The summed E-state index contributed by atoms with van der Waals surface area (Å²) in [5.74, 6) is 0.257. The Labute approximate surface area is 132 Å². The second-order valence-electron chi connectivity index (χ2n) is 4.98. The molecule has 0 spiro atoms. The average Bonchev–Trinajstić information content (AvgIpc) is 3.19. The van der Waals surface area contributed by atoms with Gasteiger partial charge in [-0.05, 0) is 19.8 Å². The van der Waals surface area contributed by atoms with Gasteiger partial charge in [0.1, 0.15) is 11.4 Å². The van der Waals surface area contributed by atoms with E-state index >= 15 is 0 Å². The van der Waals surface area contributed by atoms with Gasteiger partial charge in [0.15, 0.2) is 11.2 Å². The van der Waals surface area contributed by atoms with Gasteiger partial charge in [-0.1, -0.05) is 17.0 Å². The molecule has 1 saturated heterocycles. The lowest BCUT2D eigenvalue weighted by molar-refractivity contribution is -0.119. The van der Waals surface area contributed by atoms with Crippen molar-refractivity contribution in [2.24, 2.45) is 0 Å².